The highest BCUT2D eigenvalue weighted by atomic mass is 16.1. The van der Waals surface area contributed by atoms with Crippen molar-refractivity contribution in [3.8, 4) is 0 Å². The monoisotopic (exact) mass is 285 g/mol. The highest BCUT2D eigenvalue weighted by molar-refractivity contribution is 5.81. The molecule has 4 nitrogen and oxygen atoms in total. The Bertz CT molecular complexity index is 578. The van der Waals surface area contributed by atoms with Gasteiger partial charge in [-0.2, -0.15) is 0 Å². The molecule has 1 heterocycles. The van der Waals surface area contributed by atoms with E-state index in [4.69, 9.17) is 5.73 Å². The Balaban J connectivity index is 1.78. The van der Waals surface area contributed by atoms with E-state index in [0.29, 0.717) is 19.5 Å². The summed E-state index contributed by atoms with van der Waals surface area (Å²) in [6, 6.07) is 10.2. The first-order valence-electron chi connectivity index (χ1n) is 7.60. The number of para-hydroxylation sites is 1. The molecule has 0 fully saturated rings. The van der Waals surface area contributed by atoms with Crippen LogP contribution in [0, 0.1) is 0 Å². The van der Waals surface area contributed by atoms with Crippen molar-refractivity contribution in [3.05, 3.63) is 42.1 Å². The van der Waals surface area contributed by atoms with Crippen LogP contribution >= 0.6 is 0 Å². The van der Waals surface area contributed by atoms with Crippen LogP contribution in [0.25, 0.3) is 10.9 Å². The van der Waals surface area contributed by atoms with E-state index in [-0.39, 0.29) is 5.91 Å². The van der Waals surface area contributed by atoms with Crippen LogP contribution in [0.2, 0.25) is 0 Å². The molecule has 0 spiro atoms. The quantitative estimate of drug-likeness (QED) is 0.732. The lowest BCUT2D eigenvalue weighted by atomic mass is 10.1. The van der Waals surface area contributed by atoms with E-state index in [9.17, 15) is 4.79 Å². The number of nitrogens with two attached hydrogens (primary N) is 1. The van der Waals surface area contributed by atoms with Crippen molar-refractivity contribution in [2.75, 3.05) is 13.1 Å². The molecule has 1 aromatic carbocycles. The molecule has 0 saturated heterocycles. The third kappa shape index (κ3) is 4.83. The highest BCUT2D eigenvalue weighted by Crippen LogP contribution is 2.15. The summed E-state index contributed by atoms with van der Waals surface area (Å²) >= 11 is 0. The maximum absolute atomic E-state index is 11.7. The van der Waals surface area contributed by atoms with E-state index in [0.717, 1.165) is 36.6 Å². The number of carbonyl (C=O) groups excluding carboxylic acids is 1. The Morgan fingerprint density at radius 2 is 2.00 bits per heavy atom. The number of carbonyl (C=O) groups is 1. The zero-order valence-corrected chi connectivity index (χ0v) is 12.3. The van der Waals surface area contributed by atoms with Crippen molar-refractivity contribution in [1.29, 1.82) is 0 Å². The number of hydrogen-bond donors (Lipinski definition) is 2. The lowest BCUT2D eigenvalue weighted by Crippen LogP contribution is -2.25. The van der Waals surface area contributed by atoms with Crippen LogP contribution in [-0.2, 0) is 11.2 Å². The van der Waals surface area contributed by atoms with Gasteiger partial charge >= 0.3 is 0 Å². The number of amides is 1. The van der Waals surface area contributed by atoms with Crippen molar-refractivity contribution in [2.24, 2.45) is 5.73 Å². The first-order chi connectivity index (χ1) is 10.3. The standard InChI is InChI=1S/C17H23N3O/c18-11-3-1-2-9-16(21)19-13-10-15-7-4-6-14-8-5-12-20-17(14)15/h4-8,12H,1-3,9-11,13,18H2,(H,19,21). The molecular weight excluding hydrogens is 262 g/mol. The molecule has 2 rings (SSSR count). The van der Waals surface area contributed by atoms with Gasteiger partial charge in [-0.3, -0.25) is 9.78 Å². The van der Waals surface area contributed by atoms with Gasteiger partial charge in [-0.05, 0) is 37.4 Å². The third-order valence-corrected chi connectivity index (χ3v) is 3.54. The first kappa shape index (κ1) is 15.4. The van der Waals surface area contributed by atoms with E-state index in [1.165, 1.54) is 5.56 Å². The second-order valence-electron chi connectivity index (χ2n) is 5.19. The summed E-state index contributed by atoms with van der Waals surface area (Å²) in [6.45, 7) is 1.36. The number of pyridine rings is 1. The molecular formula is C17H23N3O. The zero-order chi connectivity index (χ0) is 14.9. The average molecular weight is 285 g/mol. The van der Waals surface area contributed by atoms with Gasteiger partial charge in [-0.15, -0.1) is 0 Å². The molecule has 0 unspecified atom stereocenters. The second-order valence-corrected chi connectivity index (χ2v) is 5.19. The fraction of sp³-hybridized carbons (Fsp3) is 0.412. The minimum Gasteiger partial charge on any atom is -0.356 e. The Morgan fingerprint density at radius 1 is 1.14 bits per heavy atom. The molecule has 112 valence electrons. The van der Waals surface area contributed by atoms with E-state index in [2.05, 4.69) is 28.5 Å². The predicted molar refractivity (Wildman–Crippen MR) is 86.0 cm³/mol. The molecule has 0 aliphatic rings. The van der Waals surface area contributed by atoms with Crippen molar-refractivity contribution in [2.45, 2.75) is 32.1 Å². The van der Waals surface area contributed by atoms with Gasteiger partial charge < -0.3 is 11.1 Å². The van der Waals surface area contributed by atoms with Gasteiger partial charge in [0.15, 0.2) is 0 Å². The fourth-order valence-electron chi connectivity index (χ4n) is 2.40. The summed E-state index contributed by atoms with van der Waals surface area (Å²) < 4.78 is 0. The highest BCUT2D eigenvalue weighted by Gasteiger charge is 2.04. The third-order valence-electron chi connectivity index (χ3n) is 3.54. The number of nitrogens with one attached hydrogen (secondary N) is 1. The number of fused-ring (bicyclic) bond motifs is 1. The van der Waals surface area contributed by atoms with Crippen LogP contribution in [0.5, 0.6) is 0 Å². The molecule has 0 aliphatic heterocycles. The second kappa shape index (κ2) is 8.37. The summed E-state index contributed by atoms with van der Waals surface area (Å²) in [4.78, 5) is 16.1. The molecule has 4 heteroatoms. The lowest BCUT2D eigenvalue weighted by molar-refractivity contribution is -0.121. The van der Waals surface area contributed by atoms with Crippen LogP contribution in [0.15, 0.2) is 36.5 Å². The van der Waals surface area contributed by atoms with Gasteiger partial charge in [0.25, 0.3) is 0 Å². The van der Waals surface area contributed by atoms with Gasteiger partial charge in [-0.1, -0.05) is 30.7 Å². The molecule has 0 bridgehead atoms. The molecule has 21 heavy (non-hydrogen) atoms. The Labute approximate surface area is 125 Å². The number of rotatable bonds is 8. The number of unbranched alkanes of at least 4 members (excludes halogenated alkanes) is 2. The number of aromatic nitrogens is 1. The fourth-order valence-corrected chi connectivity index (χ4v) is 2.40. The zero-order valence-electron chi connectivity index (χ0n) is 12.3. The van der Waals surface area contributed by atoms with Crippen LogP contribution < -0.4 is 11.1 Å². The molecule has 1 amide bonds. The molecule has 1 aromatic heterocycles. The molecule has 0 saturated carbocycles. The van der Waals surface area contributed by atoms with E-state index in [1.54, 1.807) is 0 Å². The van der Waals surface area contributed by atoms with Crippen molar-refractivity contribution < 1.29 is 4.79 Å². The SMILES string of the molecule is NCCCCCC(=O)NCCc1cccc2cccnc12. The van der Waals surface area contributed by atoms with Crippen molar-refractivity contribution >= 4 is 16.8 Å². The van der Waals surface area contributed by atoms with Crippen LogP contribution in [0.4, 0.5) is 0 Å². The largest absolute Gasteiger partial charge is 0.356 e. The smallest absolute Gasteiger partial charge is 0.220 e. The summed E-state index contributed by atoms with van der Waals surface area (Å²) in [5.41, 5.74) is 7.63. The summed E-state index contributed by atoms with van der Waals surface area (Å²) in [7, 11) is 0. The maximum atomic E-state index is 11.7. The molecule has 0 aliphatic carbocycles. The summed E-state index contributed by atoms with van der Waals surface area (Å²) in [5.74, 6) is 0.125. The Kier molecular flexibility index (Phi) is 6.16. The molecule has 3 N–H and O–H groups in total. The topological polar surface area (TPSA) is 68.0 Å². The predicted octanol–water partition coefficient (Wildman–Crippen LogP) is 2.41. The van der Waals surface area contributed by atoms with Gasteiger partial charge in [0.05, 0.1) is 5.52 Å². The Morgan fingerprint density at radius 3 is 2.86 bits per heavy atom. The minimum absolute atomic E-state index is 0.125. The molecule has 2 aromatic rings. The Hall–Kier alpha value is -1.94. The average Bonchev–Trinajstić information content (AvgIpc) is 2.52. The number of hydrogen-bond acceptors (Lipinski definition) is 3. The molecule has 0 radical (unpaired) electrons. The maximum Gasteiger partial charge on any atom is 0.220 e. The van der Waals surface area contributed by atoms with E-state index < -0.39 is 0 Å². The lowest BCUT2D eigenvalue weighted by Gasteiger charge is -2.07. The van der Waals surface area contributed by atoms with Crippen molar-refractivity contribution in [3.63, 3.8) is 0 Å². The summed E-state index contributed by atoms with van der Waals surface area (Å²) in [6.07, 6.45) is 6.14. The van der Waals surface area contributed by atoms with Crippen molar-refractivity contribution in [1.82, 2.24) is 10.3 Å². The molecule has 0 atom stereocenters. The van der Waals surface area contributed by atoms with E-state index >= 15 is 0 Å². The normalized spacial score (nSPS) is 10.7. The van der Waals surface area contributed by atoms with Gasteiger partial charge in [0.2, 0.25) is 5.91 Å². The van der Waals surface area contributed by atoms with Crippen LogP contribution in [-0.4, -0.2) is 24.0 Å². The van der Waals surface area contributed by atoms with Crippen LogP contribution in [0.1, 0.15) is 31.2 Å². The summed E-state index contributed by atoms with van der Waals surface area (Å²) in [5, 5.41) is 4.12. The van der Waals surface area contributed by atoms with E-state index in [1.807, 2.05) is 18.3 Å². The number of nitrogens with zero attached hydrogens (tertiary/aromatic N) is 1. The first-order valence-corrected chi connectivity index (χ1v) is 7.60. The van der Waals surface area contributed by atoms with Gasteiger partial charge in [0.1, 0.15) is 0 Å². The van der Waals surface area contributed by atoms with Gasteiger partial charge in [0, 0.05) is 24.5 Å². The van der Waals surface area contributed by atoms with Gasteiger partial charge in [-0.25, -0.2) is 0 Å². The minimum atomic E-state index is 0.125. The number of benzene rings is 1. The van der Waals surface area contributed by atoms with Crippen LogP contribution in [0.3, 0.4) is 0 Å².